The first-order valence-corrected chi connectivity index (χ1v) is 11.5. The largest absolute Gasteiger partial charge is 0.310 e. The molecule has 1 amide bonds. The summed E-state index contributed by atoms with van der Waals surface area (Å²) in [5.41, 5.74) is 1.80. The molecule has 0 spiro atoms. The molecule has 1 aliphatic heterocycles. The fourth-order valence-electron chi connectivity index (χ4n) is 4.31. The van der Waals surface area contributed by atoms with Gasteiger partial charge in [-0.15, -0.1) is 10.2 Å². The Balaban J connectivity index is 1.27. The first-order chi connectivity index (χ1) is 16.6. The van der Waals surface area contributed by atoms with Crippen LogP contribution in [0.4, 0.5) is 10.2 Å². The molecule has 3 aromatic heterocycles. The van der Waals surface area contributed by atoms with Crippen LogP contribution in [0.2, 0.25) is 0 Å². The number of carbonyl (C=O) groups is 1. The smallest absolute Gasteiger partial charge is 0.259 e. The van der Waals surface area contributed by atoms with E-state index in [0.717, 1.165) is 50.3 Å². The Labute approximate surface area is 195 Å². The van der Waals surface area contributed by atoms with Crippen molar-refractivity contribution in [2.75, 3.05) is 5.32 Å². The molecule has 2 aliphatic rings. The summed E-state index contributed by atoms with van der Waals surface area (Å²) < 4.78 is 18.5. The quantitative estimate of drug-likeness (QED) is 0.487. The lowest BCUT2D eigenvalue weighted by molar-refractivity contribution is 0.102. The SMILES string of the molecule is Cc1cc(F)c(C(=O)Nc2cccc(-c3nnc4n3CCCC4)n2)cc1-n1cnc(C2CC2)n1. The average Bonchev–Trinajstić information content (AvgIpc) is 3.41. The van der Waals surface area contributed by atoms with Crippen LogP contribution in [0.5, 0.6) is 0 Å². The molecule has 0 bridgehead atoms. The van der Waals surface area contributed by atoms with E-state index in [1.165, 1.54) is 12.1 Å². The molecule has 6 rings (SSSR count). The maximum absolute atomic E-state index is 14.8. The second-order valence-electron chi connectivity index (χ2n) is 8.85. The number of halogens is 1. The van der Waals surface area contributed by atoms with Crippen LogP contribution < -0.4 is 5.32 Å². The zero-order chi connectivity index (χ0) is 23.2. The second-order valence-corrected chi connectivity index (χ2v) is 8.85. The molecule has 172 valence electrons. The number of anilines is 1. The highest BCUT2D eigenvalue weighted by molar-refractivity contribution is 6.04. The molecule has 9 nitrogen and oxygen atoms in total. The minimum Gasteiger partial charge on any atom is -0.310 e. The maximum Gasteiger partial charge on any atom is 0.259 e. The number of pyridine rings is 1. The van der Waals surface area contributed by atoms with Crippen molar-refractivity contribution in [3.8, 4) is 17.2 Å². The predicted octanol–water partition coefficient (Wildman–Crippen LogP) is 3.83. The van der Waals surface area contributed by atoms with Crippen molar-refractivity contribution in [3.63, 3.8) is 0 Å². The molecule has 10 heteroatoms. The van der Waals surface area contributed by atoms with Crippen molar-refractivity contribution in [2.45, 2.75) is 51.5 Å². The number of hydrogen-bond acceptors (Lipinski definition) is 6. The van der Waals surface area contributed by atoms with Crippen molar-refractivity contribution < 1.29 is 9.18 Å². The molecular weight excluding hydrogens is 435 g/mol. The lowest BCUT2D eigenvalue weighted by Crippen LogP contribution is -2.16. The molecule has 1 aromatic carbocycles. The van der Waals surface area contributed by atoms with Crippen LogP contribution in [0.3, 0.4) is 0 Å². The average molecular weight is 459 g/mol. The number of benzene rings is 1. The summed E-state index contributed by atoms with van der Waals surface area (Å²) >= 11 is 0. The summed E-state index contributed by atoms with van der Waals surface area (Å²) in [6.45, 7) is 2.63. The van der Waals surface area contributed by atoms with Gasteiger partial charge in [-0.25, -0.2) is 19.0 Å². The molecule has 0 saturated heterocycles. The first kappa shape index (κ1) is 20.6. The van der Waals surface area contributed by atoms with Gasteiger partial charge in [0, 0.05) is 18.9 Å². The van der Waals surface area contributed by atoms with Crippen LogP contribution in [0, 0.1) is 12.7 Å². The number of amides is 1. The van der Waals surface area contributed by atoms with Crippen molar-refractivity contribution in [1.29, 1.82) is 0 Å². The predicted molar refractivity (Wildman–Crippen MR) is 122 cm³/mol. The van der Waals surface area contributed by atoms with Gasteiger partial charge in [-0.1, -0.05) is 6.07 Å². The number of nitrogens with one attached hydrogen (secondary N) is 1. The molecule has 0 atom stereocenters. The summed E-state index contributed by atoms with van der Waals surface area (Å²) in [6, 6.07) is 8.13. The third-order valence-corrected chi connectivity index (χ3v) is 6.31. The van der Waals surface area contributed by atoms with Gasteiger partial charge in [-0.2, -0.15) is 5.10 Å². The van der Waals surface area contributed by atoms with E-state index >= 15 is 0 Å². The summed E-state index contributed by atoms with van der Waals surface area (Å²) in [6.07, 6.45) is 6.85. The highest BCUT2D eigenvalue weighted by Crippen LogP contribution is 2.38. The molecular formula is C24H23FN8O. The molecule has 4 aromatic rings. The zero-order valence-electron chi connectivity index (χ0n) is 18.7. The van der Waals surface area contributed by atoms with Crippen LogP contribution in [0.25, 0.3) is 17.2 Å². The van der Waals surface area contributed by atoms with Crippen molar-refractivity contribution in [3.05, 3.63) is 65.3 Å². The number of nitrogens with zero attached hydrogens (tertiary/aromatic N) is 7. The minimum atomic E-state index is -0.607. The third-order valence-electron chi connectivity index (χ3n) is 6.31. The maximum atomic E-state index is 14.8. The van der Waals surface area contributed by atoms with E-state index in [4.69, 9.17) is 0 Å². The Kier molecular flexibility index (Phi) is 4.93. The van der Waals surface area contributed by atoms with Crippen molar-refractivity contribution in [2.24, 2.45) is 0 Å². The molecule has 4 heterocycles. The molecule has 1 saturated carbocycles. The summed E-state index contributed by atoms with van der Waals surface area (Å²) in [5, 5.41) is 15.8. The van der Waals surface area contributed by atoms with Crippen LogP contribution in [-0.4, -0.2) is 40.4 Å². The van der Waals surface area contributed by atoms with Gasteiger partial charge in [0.1, 0.15) is 29.5 Å². The van der Waals surface area contributed by atoms with E-state index in [1.807, 2.05) is 6.07 Å². The van der Waals surface area contributed by atoms with Crippen LogP contribution in [-0.2, 0) is 13.0 Å². The van der Waals surface area contributed by atoms with Crippen molar-refractivity contribution in [1.82, 2.24) is 34.5 Å². The topological polar surface area (TPSA) is 103 Å². The van der Waals surface area contributed by atoms with Gasteiger partial charge < -0.3 is 9.88 Å². The molecule has 1 N–H and O–H groups in total. The standard InChI is InChI=1S/C24H23FN8O/c1-14-11-17(25)16(12-19(14)33-13-26-22(31-33)15-8-9-15)24(34)28-20-6-4-5-18(27-20)23-30-29-21-7-2-3-10-32(21)23/h4-6,11-13,15H,2-3,7-10H2,1H3,(H,27,28,34). The summed E-state index contributed by atoms with van der Waals surface area (Å²) in [7, 11) is 0. The number of aryl methyl sites for hydroxylation is 2. The van der Waals surface area contributed by atoms with E-state index in [0.29, 0.717) is 34.5 Å². The Bertz CT molecular complexity index is 1400. The van der Waals surface area contributed by atoms with Crippen LogP contribution in [0.15, 0.2) is 36.7 Å². The number of aromatic nitrogens is 7. The fraction of sp³-hybridized carbons (Fsp3) is 0.333. The van der Waals surface area contributed by atoms with E-state index < -0.39 is 11.7 Å². The lowest BCUT2D eigenvalue weighted by Gasteiger charge is -2.14. The highest BCUT2D eigenvalue weighted by Gasteiger charge is 2.28. The number of rotatable bonds is 5. The lowest BCUT2D eigenvalue weighted by atomic mass is 10.1. The van der Waals surface area contributed by atoms with Crippen molar-refractivity contribution >= 4 is 11.7 Å². The Hall–Kier alpha value is -3.95. The Morgan fingerprint density at radius 3 is 2.91 bits per heavy atom. The normalized spacial score (nSPS) is 15.2. The van der Waals surface area contributed by atoms with Gasteiger partial charge in [-0.05, 0) is 62.4 Å². The number of carbonyl (C=O) groups excluding carboxylic acids is 1. The fourth-order valence-corrected chi connectivity index (χ4v) is 4.31. The minimum absolute atomic E-state index is 0.0869. The number of fused-ring (bicyclic) bond motifs is 1. The van der Waals surface area contributed by atoms with E-state index in [9.17, 15) is 9.18 Å². The van der Waals surface area contributed by atoms with Gasteiger partial charge >= 0.3 is 0 Å². The van der Waals surface area contributed by atoms with Crippen LogP contribution in [0.1, 0.15) is 59.2 Å². The third kappa shape index (κ3) is 3.74. The molecule has 1 aliphatic carbocycles. The van der Waals surface area contributed by atoms with Gasteiger partial charge in [0.25, 0.3) is 5.91 Å². The highest BCUT2D eigenvalue weighted by atomic mass is 19.1. The van der Waals surface area contributed by atoms with Gasteiger partial charge in [0.05, 0.1) is 11.3 Å². The molecule has 34 heavy (non-hydrogen) atoms. The van der Waals surface area contributed by atoms with E-state index in [1.54, 1.807) is 30.1 Å². The first-order valence-electron chi connectivity index (χ1n) is 11.5. The van der Waals surface area contributed by atoms with Gasteiger partial charge in [0.15, 0.2) is 11.6 Å². The van der Waals surface area contributed by atoms with Gasteiger partial charge in [0.2, 0.25) is 0 Å². The zero-order valence-corrected chi connectivity index (χ0v) is 18.7. The monoisotopic (exact) mass is 458 g/mol. The Morgan fingerprint density at radius 2 is 2.06 bits per heavy atom. The van der Waals surface area contributed by atoms with E-state index in [-0.39, 0.29) is 5.56 Å². The molecule has 0 radical (unpaired) electrons. The summed E-state index contributed by atoms with van der Waals surface area (Å²) in [4.78, 5) is 21.9. The number of hydrogen-bond donors (Lipinski definition) is 1. The van der Waals surface area contributed by atoms with E-state index in [2.05, 4.69) is 35.1 Å². The van der Waals surface area contributed by atoms with Gasteiger partial charge in [-0.3, -0.25) is 4.79 Å². The van der Waals surface area contributed by atoms with Crippen LogP contribution >= 0.6 is 0 Å². The summed E-state index contributed by atoms with van der Waals surface area (Å²) in [5.74, 6) is 1.93. The molecule has 1 fully saturated rings. The second kappa shape index (κ2) is 8.12. The Morgan fingerprint density at radius 1 is 1.18 bits per heavy atom. The molecule has 0 unspecified atom stereocenters.